The van der Waals surface area contributed by atoms with Crippen molar-refractivity contribution < 1.29 is 18.3 Å². The molecule has 0 saturated heterocycles. The zero-order chi connectivity index (χ0) is 20.1. The molecular formula is C19H15F2N3O3S. The highest BCUT2D eigenvalue weighted by atomic mass is 32.2. The highest BCUT2D eigenvalue weighted by Gasteiger charge is 2.13. The summed E-state index contributed by atoms with van der Waals surface area (Å²) in [5, 5.41) is 2.43. The van der Waals surface area contributed by atoms with E-state index in [1.807, 2.05) is 0 Å². The number of aromatic nitrogens is 2. The van der Waals surface area contributed by atoms with Crippen LogP contribution in [0.4, 0.5) is 14.5 Å². The first-order valence-corrected chi connectivity index (χ1v) is 9.07. The molecule has 2 aromatic carbocycles. The summed E-state index contributed by atoms with van der Waals surface area (Å²) in [4.78, 5) is 28.7. The van der Waals surface area contributed by atoms with Gasteiger partial charge in [0.15, 0.2) is 5.03 Å². The van der Waals surface area contributed by atoms with Crippen molar-refractivity contribution in [2.24, 2.45) is 0 Å². The predicted octanol–water partition coefficient (Wildman–Crippen LogP) is 3.25. The van der Waals surface area contributed by atoms with Crippen molar-refractivity contribution in [3.63, 3.8) is 0 Å². The molecule has 1 aromatic heterocycles. The third kappa shape index (κ3) is 4.37. The van der Waals surface area contributed by atoms with Crippen molar-refractivity contribution in [2.45, 2.75) is 5.03 Å². The largest absolute Gasteiger partial charge is 0.495 e. The monoisotopic (exact) mass is 403 g/mol. The van der Waals surface area contributed by atoms with Gasteiger partial charge in [-0.05, 0) is 24.3 Å². The van der Waals surface area contributed by atoms with E-state index in [0.29, 0.717) is 17.5 Å². The van der Waals surface area contributed by atoms with Crippen LogP contribution in [0.15, 0.2) is 64.7 Å². The van der Waals surface area contributed by atoms with Gasteiger partial charge in [0.1, 0.15) is 17.4 Å². The minimum atomic E-state index is -0.880. The van der Waals surface area contributed by atoms with Crippen LogP contribution in [0.2, 0.25) is 0 Å². The maximum Gasteiger partial charge on any atom is 0.287 e. The van der Waals surface area contributed by atoms with Gasteiger partial charge in [0, 0.05) is 18.5 Å². The summed E-state index contributed by atoms with van der Waals surface area (Å²) < 4.78 is 33.2. The second-order valence-electron chi connectivity index (χ2n) is 5.54. The van der Waals surface area contributed by atoms with E-state index < -0.39 is 23.1 Å². The standard InChI is InChI=1S/C19H15F2N3O3S/c1-27-16-5-3-2-4-15(16)24-9-8-22-18(19(24)26)28-11-17(25)23-14-7-6-12(20)10-13(14)21/h2-10H,11H2,1H3,(H,23,25). The summed E-state index contributed by atoms with van der Waals surface area (Å²) in [5.41, 5.74) is -0.0192. The fraction of sp³-hybridized carbons (Fsp3) is 0.105. The average Bonchev–Trinajstić information content (AvgIpc) is 2.69. The lowest BCUT2D eigenvalue weighted by atomic mass is 10.3. The lowest BCUT2D eigenvalue weighted by Gasteiger charge is -2.11. The summed E-state index contributed by atoms with van der Waals surface area (Å²) in [6, 6.07) is 9.83. The van der Waals surface area contributed by atoms with E-state index in [2.05, 4.69) is 10.3 Å². The number of rotatable bonds is 6. The van der Waals surface area contributed by atoms with Gasteiger partial charge in [-0.15, -0.1) is 0 Å². The Morgan fingerprint density at radius 1 is 1.25 bits per heavy atom. The zero-order valence-corrected chi connectivity index (χ0v) is 15.5. The molecule has 9 heteroatoms. The van der Waals surface area contributed by atoms with Crippen LogP contribution in [-0.4, -0.2) is 28.3 Å². The van der Waals surface area contributed by atoms with Crippen LogP contribution in [-0.2, 0) is 4.79 Å². The van der Waals surface area contributed by atoms with Crippen molar-refractivity contribution in [1.29, 1.82) is 0 Å². The number of hydrogen-bond donors (Lipinski definition) is 1. The number of hydrogen-bond acceptors (Lipinski definition) is 5. The quantitative estimate of drug-likeness (QED) is 0.640. The number of carbonyl (C=O) groups excluding carboxylic acids is 1. The number of nitrogens with one attached hydrogen (secondary N) is 1. The number of halogens is 2. The first-order chi connectivity index (χ1) is 13.5. The predicted molar refractivity (Wildman–Crippen MR) is 102 cm³/mol. The first kappa shape index (κ1) is 19.6. The number of amides is 1. The van der Waals surface area contributed by atoms with E-state index in [1.165, 1.54) is 24.1 Å². The molecule has 0 unspecified atom stereocenters. The molecule has 144 valence electrons. The summed E-state index contributed by atoms with van der Waals surface area (Å²) in [7, 11) is 1.50. The Hall–Kier alpha value is -3.20. The van der Waals surface area contributed by atoms with Crippen LogP contribution in [0, 0.1) is 11.6 Å². The van der Waals surface area contributed by atoms with Gasteiger partial charge in [-0.3, -0.25) is 14.2 Å². The molecule has 0 atom stereocenters. The van der Waals surface area contributed by atoms with E-state index >= 15 is 0 Å². The van der Waals surface area contributed by atoms with Gasteiger partial charge in [-0.25, -0.2) is 13.8 Å². The summed E-state index contributed by atoms with van der Waals surface area (Å²) in [6.07, 6.45) is 2.94. The normalized spacial score (nSPS) is 10.5. The molecule has 0 aliphatic heterocycles. The minimum Gasteiger partial charge on any atom is -0.495 e. The molecule has 3 aromatic rings. The van der Waals surface area contributed by atoms with Gasteiger partial charge in [-0.2, -0.15) is 0 Å². The van der Waals surface area contributed by atoms with Crippen molar-refractivity contribution in [3.8, 4) is 11.4 Å². The number of nitrogens with zero attached hydrogens (tertiary/aromatic N) is 2. The Morgan fingerprint density at radius 3 is 2.79 bits per heavy atom. The van der Waals surface area contributed by atoms with Gasteiger partial charge in [0.05, 0.1) is 24.2 Å². The number of carbonyl (C=O) groups is 1. The zero-order valence-electron chi connectivity index (χ0n) is 14.7. The molecule has 0 bridgehead atoms. The molecule has 1 heterocycles. The Kier molecular flexibility index (Phi) is 6.05. The van der Waals surface area contributed by atoms with Crippen LogP contribution in [0.3, 0.4) is 0 Å². The fourth-order valence-corrected chi connectivity index (χ4v) is 3.12. The maximum absolute atomic E-state index is 13.6. The van der Waals surface area contributed by atoms with E-state index in [1.54, 1.807) is 24.3 Å². The maximum atomic E-state index is 13.6. The van der Waals surface area contributed by atoms with Gasteiger partial charge < -0.3 is 10.1 Å². The van der Waals surface area contributed by atoms with E-state index in [4.69, 9.17) is 4.74 Å². The van der Waals surface area contributed by atoms with Crippen molar-refractivity contribution >= 4 is 23.4 Å². The number of methoxy groups -OCH3 is 1. The average molecular weight is 403 g/mol. The van der Waals surface area contributed by atoms with Crippen molar-refractivity contribution in [3.05, 3.63) is 76.8 Å². The van der Waals surface area contributed by atoms with E-state index in [9.17, 15) is 18.4 Å². The highest BCUT2D eigenvalue weighted by Crippen LogP contribution is 2.21. The van der Waals surface area contributed by atoms with Crippen molar-refractivity contribution in [2.75, 3.05) is 18.2 Å². The van der Waals surface area contributed by atoms with Gasteiger partial charge in [-0.1, -0.05) is 23.9 Å². The minimum absolute atomic E-state index is 0.100. The third-order valence-corrected chi connectivity index (χ3v) is 4.66. The molecule has 0 spiro atoms. The van der Waals surface area contributed by atoms with Crippen LogP contribution >= 0.6 is 11.8 Å². The van der Waals surface area contributed by atoms with Crippen LogP contribution < -0.4 is 15.6 Å². The number of para-hydroxylation sites is 2. The Bertz CT molecular complexity index is 1070. The molecule has 0 fully saturated rings. The molecule has 1 N–H and O–H groups in total. The molecule has 3 rings (SSSR count). The highest BCUT2D eigenvalue weighted by molar-refractivity contribution is 7.99. The molecule has 28 heavy (non-hydrogen) atoms. The number of thioether (sulfide) groups is 1. The van der Waals surface area contributed by atoms with Gasteiger partial charge in [0.25, 0.3) is 5.56 Å². The molecular weight excluding hydrogens is 388 g/mol. The number of benzene rings is 2. The Morgan fingerprint density at radius 2 is 2.04 bits per heavy atom. The lowest BCUT2D eigenvalue weighted by Crippen LogP contribution is -2.22. The Balaban J connectivity index is 1.75. The molecule has 0 saturated carbocycles. The summed E-state index contributed by atoms with van der Waals surface area (Å²) >= 11 is 0.912. The molecule has 6 nitrogen and oxygen atoms in total. The molecule has 0 aliphatic rings. The van der Waals surface area contributed by atoms with Gasteiger partial charge in [0.2, 0.25) is 5.91 Å². The van der Waals surface area contributed by atoms with Gasteiger partial charge >= 0.3 is 0 Å². The second kappa shape index (κ2) is 8.66. The number of anilines is 1. The van der Waals surface area contributed by atoms with Crippen molar-refractivity contribution in [1.82, 2.24) is 9.55 Å². The molecule has 0 aliphatic carbocycles. The first-order valence-electron chi connectivity index (χ1n) is 8.08. The summed E-state index contributed by atoms with van der Waals surface area (Å²) in [5.74, 6) is -1.83. The lowest BCUT2D eigenvalue weighted by molar-refractivity contribution is -0.113. The van der Waals surface area contributed by atoms with Crippen LogP contribution in [0.25, 0.3) is 5.69 Å². The van der Waals surface area contributed by atoms with Crippen LogP contribution in [0.1, 0.15) is 0 Å². The van der Waals surface area contributed by atoms with Crippen LogP contribution in [0.5, 0.6) is 5.75 Å². The smallest absolute Gasteiger partial charge is 0.287 e. The SMILES string of the molecule is COc1ccccc1-n1ccnc(SCC(=O)Nc2ccc(F)cc2F)c1=O. The summed E-state index contributed by atoms with van der Waals surface area (Å²) in [6.45, 7) is 0. The Labute approximate surface area is 163 Å². The number of ether oxygens (including phenoxy) is 1. The topological polar surface area (TPSA) is 73.2 Å². The van der Waals surface area contributed by atoms with E-state index in [-0.39, 0.29) is 16.5 Å². The van der Waals surface area contributed by atoms with E-state index in [0.717, 1.165) is 23.9 Å². The molecule has 1 amide bonds. The molecule has 0 radical (unpaired) electrons. The third-order valence-electron chi connectivity index (χ3n) is 3.70. The second-order valence-corrected chi connectivity index (χ2v) is 6.50. The fourth-order valence-electron chi connectivity index (χ4n) is 2.42.